The number of aryl methyl sites for hydroxylation is 1. The molecule has 0 bridgehead atoms. The van der Waals surface area contributed by atoms with Gasteiger partial charge in [0, 0.05) is 13.1 Å². The molecule has 0 saturated carbocycles. The van der Waals surface area contributed by atoms with Crippen molar-refractivity contribution in [3.05, 3.63) is 11.7 Å². The van der Waals surface area contributed by atoms with Crippen molar-refractivity contribution in [1.29, 1.82) is 0 Å². The fourth-order valence-corrected chi connectivity index (χ4v) is 2.53. The van der Waals surface area contributed by atoms with Crippen LogP contribution in [0, 0.1) is 6.92 Å². The summed E-state index contributed by atoms with van der Waals surface area (Å²) in [6.45, 7) is -0.491. The van der Waals surface area contributed by atoms with Crippen LogP contribution in [0.1, 0.15) is 24.6 Å². The van der Waals surface area contributed by atoms with Crippen LogP contribution in [-0.4, -0.2) is 59.9 Å². The molecule has 0 N–H and O–H groups in total. The summed E-state index contributed by atoms with van der Waals surface area (Å²) in [6.07, 6.45) is -8.01. The van der Waals surface area contributed by atoms with Crippen LogP contribution in [-0.2, 0) is 14.9 Å². The van der Waals surface area contributed by atoms with Gasteiger partial charge in [-0.25, -0.2) is 8.78 Å². The molecule has 2 heterocycles. The number of hydrogen-bond donors (Lipinski definition) is 0. The minimum absolute atomic E-state index is 0.0683. The zero-order valence-corrected chi connectivity index (χ0v) is 12.8. The lowest BCUT2D eigenvalue weighted by Gasteiger charge is -2.28. The van der Waals surface area contributed by atoms with Crippen LogP contribution in [0.25, 0.3) is 0 Å². The van der Waals surface area contributed by atoms with Gasteiger partial charge in [-0.1, -0.05) is 5.16 Å². The third kappa shape index (κ3) is 3.82. The lowest BCUT2D eigenvalue weighted by atomic mass is 9.86. The van der Waals surface area contributed by atoms with E-state index in [-0.39, 0.29) is 25.4 Å². The molecule has 1 saturated heterocycles. The Kier molecular flexibility index (Phi) is 5.41. The van der Waals surface area contributed by atoms with Gasteiger partial charge in [0.1, 0.15) is 6.61 Å². The summed E-state index contributed by atoms with van der Waals surface area (Å²) >= 11 is 0. The van der Waals surface area contributed by atoms with Crippen LogP contribution in [0.2, 0.25) is 0 Å². The number of likely N-dealkylation sites (tertiary alicyclic amines) is 1. The SMILES string of the molecule is Cc1noc(C2(C(F)(F)F)CCN(C(=O)CCOCC(F)F)C2)n1. The summed E-state index contributed by atoms with van der Waals surface area (Å²) in [6, 6.07) is 0. The van der Waals surface area contributed by atoms with Crippen LogP contribution in [0.4, 0.5) is 22.0 Å². The molecule has 11 heteroatoms. The highest BCUT2D eigenvalue weighted by molar-refractivity contribution is 5.76. The van der Waals surface area contributed by atoms with Gasteiger partial charge in [-0.05, 0) is 13.3 Å². The van der Waals surface area contributed by atoms with E-state index in [1.807, 2.05) is 0 Å². The normalized spacial score (nSPS) is 21.7. The van der Waals surface area contributed by atoms with Gasteiger partial charge < -0.3 is 14.2 Å². The van der Waals surface area contributed by atoms with Crippen molar-refractivity contribution in [1.82, 2.24) is 15.0 Å². The first kappa shape index (κ1) is 18.6. The average Bonchev–Trinajstić information content (AvgIpc) is 3.09. The summed E-state index contributed by atoms with van der Waals surface area (Å²) in [5.74, 6) is -1.11. The Balaban J connectivity index is 2.03. The van der Waals surface area contributed by atoms with Crippen LogP contribution in [0.5, 0.6) is 0 Å². The van der Waals surface area contributed by atoms with Gasteiger partial charge in [-0.15, -0.1) is 0 Å². The number of carbonyl (C=O) groups excluding carboxylic acids is 1. The van der Waals surface area contributed by atoms with Crippen LogP contribution in [0.15, 0.2) is 4.52 Å². The van der Waals surface area contributed by atoms with Crippen molar-refractivity contribution in [3.8, 4) is 0 Å². The quantitative estimate of drug-likeness (QED) is 0.576. The predicted molar refractivity (Wildman–Crippen MR) is 69.4 cm³/mol. The Morgan fingerprint density at radius 2 is 2.17 bits per heavy atom. The highest BCUT2D eigenvalue weighted by Gasteiger charge is 2.63. The first-order valence-electron chi connectivity index (χ1n) is 7.17. The maximum atomic E-state index is 13.6. The number of alkyl halides is 5. The van der Waals surface area contributed by atoms with E-state index in [1.165, 1.54) is 6.92 Å². The second-order valence-corrected chi connectivity index (χ2v) is 5.51. The predicted octanol–water partition coefficient (Wildman–Crippen LogP) is 2.08. The minimum atomic E-state index is -4.67. The minimum Gasteiger partial charge on any atom is -0.375 e. The number of hydrogen-bond acceptors (Lipinski definition) is 5. The zero-order valence-electron chi connectivity index (χ0n) is 12.8. The van der Waals surface area contributed by atoms with E-state index in [9.17, 15) is 26.7 Å². The van der Waals surface area contributed by atoms with E-state index < -0.39 is 49.4 Å². The molecular formula is C13H16F5N3O3. The van der Waals surface area contributed by atoms with Crippen molar-refractivity contribution >= 4 is 5.91 Å². The van der Waals surface area contributed by atoms with E-state index in [4.69, 9.17) is 4.52 Å². The standard InChI is InChI=1S/C13H16F5N3O3/c1-8-19-11(24-20-8)12(13(16,17)18)3-4-21(7-12)10(22)2-5-23-6-9(14)15/h9H,2-7H2,1H3. The van der Waals surface area contributed by atoms with E-state index >= 15 is 0 Å². The Bertz CT molecular complexity index is 577. The van der Waals surface area contributed by atoms with Gasteiger partial charge in [0.2, 0.25) is 11.8 Å². The van der Waals surface area contributed by atoms with Crippen LogP contribution >= 0.6 is 0 Å². The van der Waals surface area contributed by atoms with Gasteiger partial charge in [0.25, 0.3) is 6.43 Å². The van der Waals surface area contributed by atoms with Crippen LogP contribution < -0.4 is 0 Å². The van der Waals surface area contributed by atoms with E-state index in [1.54, 1.807) is 0 Å². The Morgan fingerprint density at radius 3 is 2.71 bits per heavy atom. The van der Waals surface area contributed by atoms with Gasteiger partial charge in [0.15, 0.2) is 11.2 Å². The lowest BCUT2D eigenvalue weighted by Crippen LogP contribution is -2.46. The summed E-state index contributed by atoms with van der Waals surface area (Å²) in [5, 5.41) is 3.39. The fraction of sp³-hybridized carbons (Fsp3) is 0.769. The average molecular weight is 357 g/mol. The molecule has 0 radical (unpaired) electrons. The monoisotopic (exact) mass is 357 g/mol. The number of aromatic nitrogens is 2. The van der Waals surface area contributed by atoms with Gasteiger partial charge >= 0.3 is 6.18 Å². The van der Waals surface area contributed by atoms with E-state index in [2.05, 4.69) is 14.9 Å². The second kappa shape index (κ2) is 6.99. The Morgan fingerprint density at radius 1 is 1.46 bits per heavy atom. The Hall–Kier alpha value is -1.78. The fourth-order valence-electron chi connectivity index (χ4n) is 2.53. The highest BCUT2D eigenvalue weighted by Crippen LogP contribution is 2.47. The van der Waals surface area contributed by atoms with Crippen molar-refractivity contribution < 1.29 is 36.0 Å². The summed E-state index contributed by atoms with van der Waals surface area (Å²) < 4.78 is 73.8. The first-order valence-corrected chi connectivity index (χ1v) is 7.17. The molecule has 1 aromatic heterocycles. The molecule has 1 atom stereocenters. The van der Waals surface area contributed by atoms with Crippen molar-refractivity contribution in [3.63, 3.8) is 0 Å². The number of halogens is 5. The van der Waals surface area contributed by atoms with Crippen LogP contribution in [0.3, 0.4) is 0 Å². The maximum Gasteiger partial charge on any atom is 0.405 e. The molecule has 24 heavy (non-hydrogen) atoms. The smallest absolute Gasteiger partial charge is 0.375 e. The largest absolute Gasteiger partial charge is 0.405 e. The third-order valence-corrected chi connectivity index (χ3v) is 3.81. The van der Waals surface area contributed by atoms with E-state index in [0.717, 1.165) is 4.90 Å². The van der Waals surface area contributed by atoms with Gasteiger partial charge in [-0.3, -0.25) is 4.79 Å². The topological polar surface area (TPSA) is 68.5 Å². The van der Waals surface area contributed by atoms with Crippen molar-refractivity contribution in [2.75, 3.05) is 26.3 Å². The summed E-state index contributed by atoms with van der Waals surface area (Å²) in [4.78, 5) is 16.7. The molecule has 1 amide bonds. The first-order chi connectivity index (χ1) is 11.2. The zero-order chi connectivity index (χ0) is 18.0. The number of nitrogens with zero attached hydrogens (tertiary/aromatic N) is 3. The van der Waals surface area contributed by atoms with Crippen molar-refractivity contribution in [2.45, 2.75) is 37.8 Å². The molecule has 1 aromatic rings. The molecule has 1 unspecified atom stereocenters. The third-order valence-electron chi connectivity index (χ3n) is 3.81. The molecule has 0 aromatic carbocycles. The molecule has 1 aliphatic rings. The molecule has 1 aliphatic heterocycles. The lowest BCUT2D eigenvalue weighted by molar-refractivity contribution is -0.193. The molecular weight excluding hydrogens is 341 g/mol. The number of ether oxygens (including phenoxy) is 1. The number of carbonyl (C=O) groups is 1. The maximum absolute atomic E-state index is 13.6. The second-order valence-electron chi connectivity index (χ2n) is 5.51. The number of rotatable bonds is 6. The molecule has 0 aliphatic carbocycles. The molecule has 136 valence electrons. The molecule has 2 rings (SSSR count). The van der Waals surface area contributed by atoms with E-state index in [0.29, 0.717) is 0 Å². The molecule has 6 nitrogen and oxygen atoms in total. The van der Waals surface area contributed by atoms with Gasteiger partial charge in [0.05, 0.1) is 13.0 Å². The van der Waals surface area contributed by atoms with Gasteiger partial charge in [-0.2, -0.15) is 18.2 Å². The molecule has 1 fully saturated rings. The van der Waals surface area contributed by atoms with Crippen molar-refractivity contribution in [2.24, 2.45) is 0 Å². The summed E-state index contributed by atoms with van der Waals surface area (Å²) in [5.41, 5.74) is -2.41. The summed E-state index contributed by atoms with van der Waals surface area (Å²) in [7, 11) is 0. The highest BCUT2D eigenvalue weighted by atomic mass is 19.4. The Labute approximate surface area is 133 Å². The number of amides is 1. The molecule has 0 spiro atoms.